The van der Waals surface area contributed by atoms with Crippen molar-refractivity contribution in [1.29, 1.82) is 0 Å². The molecule has 0 bridgehead atoms. The van der Waals surface area contributed by atoms with Crippen molar-refractivity contribution in [3.63, 3.8) is 0 Å². The molecule has 1 aromatic carbocycles. The molecular formula is C19H22FN3O4S. The van der Waals surface area contributed by atoms with Crippen molar-refractivity contribution in [2.24, 2.45) is 0 Å². The Bertz CT molecular complexity index is 847. The van der Waals surface area contributed by atoms with Gasteiger partial charge in [0, 0.05) is 13.0 Å². The Morgan fingerprint density at radius 1 is 1.11 bits per heavy atom. The first-order valence-electron chi connectivity index (χ1n) is 8.55. The number of amides is 3. The van der Waals surface area contributed by atoms with Gasteiger partial charge in [-0.1, -0.05) is 6.07 Å². The average molecular weight is 407 g/mol. The van der Waals surface area contributed by atoms with E-state index in [4.69, 9.17) is 4.74 Å². The van der Waals surface area contributed by atoms with Crippen molar-refractivity contribution < 1.29 is 23.5 Å². The molecule has 0 aliphatic rings. The Morgan fingerprint density at radius 3 is 2.50 bits per heavy atom. The van der Waals surface area contributed by atoms with Gasteiger partial charge in [-0.2, -0.15) is 0 Å². The zero-order valence-electron chi connectivity index (χ0n) is 15.8. The first kappa shape index (κ1) is 21.4. The van der Waals surface area contributed by atoms with E-state index in [1.54, 1.807) is 38.3 Å². The third-order valence-electron chi connectivity index (χ3n) is 3.27. The van der Waals surface area contributed by atoms with Gasteiger partial charge < -0.3 is 15.4 Å². The van der Waals surface area contributed by atoms with Crippen LogP contribution in [0.15, 0.2) is 35.7 Å². The molecule has 0 spiro atoms. The van der Waals surface area contributed by atoms with E-state index in [1.165, 1.54) is 17.4 Å². The second-order valence-electron chi connectivity index (χ2n) is 6.85. The van der Waals surface area contributed by atoms with Gasteiger partial charge in [-0.3, -0.25) is 14.9 Å². The topological polar surface area (TPSA) is 96.5 Å². The Hall–Kier alpha value is -2.94. The van der Waals surface area contributed by atoms with Crippen LogP contribution in [0.1, 0.15) is 36.9 Å². The summed E-state index contributed by atoms with van der Waals surface area (Å²) >= 11 is 1.30. The third-order valence-corrected chi connectivity index (χ3v) is 4.14. The normalized spacial score (nSPS) is 10.9. The lowest BCUT2D eigenvalue weighted by Crippen LogP contribution is -2.28. The number of thiophene rings is 1. The number of nitrogens with one attached hydrogen (secondary N) is 3. The minimum Gasteiger partial charge on any atom is -0.444 e. The van der Waals surface area contributed by atoms with Crippen LogP contribution in [0.5, 0.6) is 0 Å². The third kappa shape index (κ3) is 6.99. The number of rotatable bonds is 6. The fraction of sp³-hybridized carbons (Fsp3) is 0.316. The van der Waals surface area contributed by atoms with E-state index in [9.17, 15) is 18.8 Å². The Morgan fingerprint density at radius 2 is 1.86 bits per heavy atom. The molecule has 0 fully saturated rings. The maximum Gasteiger partial charge on any atom is 0.412 e. The second-order valence-corrected chi connectivity index (χ2v) is 7.80. The summed E-state index contributed by atoms with van der Waals surface area (Å²) in [5.41, 5.74) is -0.402. The molecular weight excluding hydrogens is 385 g/mol. The highest BCUT2D eigenvalue weighted by Gasteiger charge is 2.18. The van der Waals surface area contributed by atoms with Gasteiger partial charge in [-0.25, -0.2) is 9.18 Å². The van der Waals surface area contributed by atoms with Gasteiger partial charge in [0.15, 0.2) is 0 Å². The summed E-state index contributed by atoms with van der Waals surface area (Å²) in [6.45, 7) is 5.26. The van der Waals surface area contributed by atoms with E-state index < -0.39 is 23.4 Å². The van der Waals surface area contributed by atoms with Crippen LogP contribution in [0.3, 0.4) is 0 Å². The molecule has 3 N–H and O–H groups in total. The van der Waals surface area contributed by atoms with Gasteiger partial charge in [0.2, 0.25) is 5.91 Å². The lowest BCUT2D eigenvalue weighted by Gasteiger charge is -2.20. The number of carbonyl (C=O) groups excluding carboxylic acids is 3. The molecule has 0 aliphatic heterocycles. The number of hydrogen-bond acceptors (Lipinski definition) is 5. The van der Waals surface area contributed by atoms with E-state index >= 15 is 0 Å². The SMILES string of the molecule is CC(C)(C)OC(=O)Nc1ccc(F)cc1NC(=O)CCNC(=O)c1cccs1. The molecule has 0 atom stereocenters. The standard InChI is InChI=1S/C19H22FN3O4S/c1-19(2,3)27-18(26)23-13-7-6-12(20)11-14(13)22-16(24)8-9-21-17(25)15-5-4-10-28-15/h4-7,10-11H,8-9H2,1-3H3,(H,21,25)(H,22,24)(H,23,26). The van der Waals surface area contributed by atoms with Gasteiger partial charge in [0.05, 0.1) is 16.3 Å². The number of carbonyl (C=O) groups is 3. The average Bonchev–Trinajstić information content (AvgIpc) is 3.10. The monoisotopic (exact) mass is 407 g/mol. The Balaban J connectivity index is 1.92. The number of benzene rings is 1. The first-order valence-corrected chi connectivity index (χ1v) is 9.43. The number of hydrogen-bond donors (Lipinski definition) is 3. The predicted molar refractivity (Wildman–Crippen MR) is 106 cm³/mol. The quantitative estimate of drug-likeness (QED) is 0.674. The van der Waals surface area contributed by atoms with E-state index in [0.717, 1.165) is 12.1 Å². The number of anilines is 2. The minimum absolute atomic E-state index is 0.0144. The maximum atomic E-state index is 13.6. The molecule has 2 rings (SSSR count). The molecule has 2 aromatic rings. The van der Waals surface area contributed by atoms with Crippen LogP contribution < -0.4 is 16.0 Å². The summed E-state index contributed by atoms with van der Waals surface area (Å²) in [7, 11) is 0. The molecule has 0 saturated heterocycles. The molecule has 3 amide bonds. The van der Waals surface area contributed by atoms with E-state index in [2.05, 4.69) is 16.0 Å². The van der Waals surface area contributed by atoms with Crippen LogP contribution in [-0.2, 0) is 9.53 Å². The summed E-state index contributed by atoms with van der Waals surface area (Å²) in [5, 5.41) is 9.43. The molecule has 1 aromatic heterocycles. The van der Waals surface area contributed by atoms with E-state index in [1.807, 2.05) is 0 Å². The molecule has 0 radical (unpaired) electrons. The fourth-order valence-corrected chi connectivity index (χ4v) is 2.78. The molecule has 1 heterocycles. The lowest BCUT2D eigenvalue weighted by molar-refractivity contribution is -0.116. The van der Waals surface area contributed by atoms with Crippen LogP contribution in [0, 0.1) is 5.82 Å². The van der Waals surface area contributed by atoms with Gasteiger partial charge >= 0.3 is 6.09 Å². The van der Waals surface area contributed by atoms with Crippen LogP contribution in [0.2, 0.25) is 0 Å². The molecule has 9 heteroatoms. The molecule has 150 valence electrons. The summed E-state index contributed by atoms with van der Waals surface area (Å²) in [6.07, 6.45) is -0.739. The van der Waals surface area contributed by atoms with Crippen molar-refractivity contribution in [3.8, 4) is 0 Å². The summed E-state index contributed by atoms with van der Waals surface area (Å²) in [6, 6.07) is 7.02. The second kappa shape index (κ2) is 9.32. The van der Waals surface area contributed by atoms with Crippen LogP contribution in [-0.4, -0.2) is 30.1 Å². The smallest absolute Gasteiger partial charge is 0.412 e. The lowest BCUT2D eigenvalue weighted by atomic mass is 10.2. The largest absolute Gasteiger partial charge is 0.444 e. The molecule has 7 nitrogen and oxygen atoms in total. The van der Waals surface area contributed by atoms with Crippen LogP contribution in [0.25, 0.3) is 0 Å². The summed E-state index contributed by atoms with van der Waals surface area (Å²) in [4.78, 5) is 36.4. The molecule has 0 aliphatic carbocycles. The summed E-state index contributed by atoms with van der Waals surface area (Å²) < 4.78 is 18.7. The van der Waals surface area contributed by atoms with Crippen LogP contribution in [0.4, 0.5) is 20.6 Å². The Kier molecular flexibility index (Phi) is 7.11. The highest BCUT2D eigenvalue weighted by molar-refractivity contribution is 7.12. The number of ether oxygens (including phenoxy) is 1. The zero-order valence-corrected chi connectivity index (χ0v) is 16.6. The van der Waals surface area contributed by atoms with E-state index in [-0.39, 0.29) is 30.2 Å². The number of halogens is 1. The van der Waals surface area contributed by atoms with Crippen molar-refractivity contribution in [1.82, 2.24) is 5.32 Å². The highest BCUT2D eigenvalue weighted by atomic mass is 32.1. The maximum absolute atomic E-state index is 13.6. The Labute approximate surface area is 166 Å². The van der Waals surface area contributed by atoms with Crippen LogP contribution >= 0.6 is 11.3 Å². The highest BCUT2D eigenvalue weighted by Crippen LogP contribution is 2.24. The van der Waals surface area contributed by atoms with Crippen molar-refractivity contribution in [2.45, 2.75) is 32.8 Å². The minimum atomic E-state index is -0.724. The predicted octanol–water partition coefficient (Wildman–Crippen LogP) is 3.99. The summed E-state index contributed by atoms with van der Waals surface area (Å²) in [5.74, 6) is -1.28. The molecule has 0 saturated carbocycles. The zero-order chi connectivity index (χ0) is 20.7. The molecule has 0 unspecified atom stereocenters. The van der Waals surface area contributed by atoms with Crippen molar-refractivity contribution in [2.75, 3.05) is 17.2 Å². The first-order chi connectivity index (χ1) is 13.1. The van der Waals surface area contributed by atoms with Gasteiger partial charge in [-0.05, 0) is 50.4 Å². The fourth-order valence-electron chi connectivity index (χ4n) is 2.14. The van der Waals surface area contributed by atoms with E-state index in [0.29, 0.717) is 4.88 Å². The van der Waals surface area contributed by atoms with Gasteiger partial charge in [0.1, 0.15) is 11.4 Å². The van der Waals surface area contributed by atoms with Crippen molar-refractivity contribution >= 4 is 40.6 Å². The van der Waals surface area contributed by atoms with Gasteiger partial charge in [-0.15, -0.1) is 11.3 Å². The van der Waals surface area contributed by atoms with Crippen molar-refractivity contribution in [3.05, 3.63) is 46.4 Å². The van der Waals surface area contributed by atoms with Gasteiger partial charge in [0.25, 0.3) is 5.91 Å². The molecule has 28 heavy (non-hydrogen) atoms.